The van der Waals surface area contributed by atoms with Crippen LogP contribution in [0.2, 0.25) is 0 Å². The number of aromatic nitrogens is 1. The van der Waals surface area contributed by atoms with E-state index in [-0.39, 0.29) is 12.2 Å². The number of nitrogens with one attached hydrogen (secondary N) is 2. The van der Waals surface area contributed by atoms with E-state index in [0.717, 1.165) is 49.4 Å². The monoisotopic (exact) mass is 332 g/mol. The Kier molecular flexibility index (Phi) is 4.88. The van der Waals surface area contributed by atoms with E-state index in [1.807, 2.05) is 12.1 Å². The third kappa shape index (κ3) is 3.98. The molecule has 1 aliphatic heterocycles. The minimum absolute atomic E-state index is 0.0682. The van der Waals surface area contributed by atoms with Gasteiger partial charge in [0, 0.05) is 31.9 Å². The predicted molar refractivity (Wildman–Crippen MR) is 87.9 cm³/mol. The number of carbonyl (C=O) groups excluding carboxylic acids is 1. The van der Waals surface area contributed by atoms with Crippen molar-refractivity contribution in [3.63, 3.8) is 0 Å². The second-order valence-corrected chi connectivity index (χ2v) is 5.65. The van der Waals surface area contributed by atoms with Crippen LogP contribution in [0.25, 0.3) is 0 Å². The zero-order valence-corrected chi connectivity index (χ0v) is 13.1. The molecule has 2 amide bonds. The Hall–Kier alpha value is -2.70. The standard InChI is InChI=1S/C17H18F2N4O/c18-13-3-4-15(14(19)10-13)22-17(24)21-11-12-5-6-20-16(9-12)23-7-1-2-8-23/h3-6,9-10H,1-2,7-8,11H2,(H2,21,22,24). The molecule has 0 atom stereocenters. The smallest absolute Gasteiger partial charge is 0.319 e. The van der Waals surface area contributed by atoms with Gasteiger partial charge in [-0.1, -0.05) is 0 Å². The van der Waals surface area contributed by atoms with Gasteiger partial charge in [0.15, 0.2) is 0 Å². The molecule has 2 aromatic rings. The minimum Gasteiger partial charge on any atom is -0.357 e. The molecule has 1 fully saturated rings. The topological polar surface area (TPSA) is 57.3 Å². The van der Waals surface area contributed by atoms with Crippen molar-refractivity contribution in [3.05, 3.63) is 53.7 Å². The molecule has 3 rings (SSSR count). The van der Waals surface area contributed by atoms with Gasteiger partial charge >= 0.3 is 6.03 Å². The van der Waals surface area contributed by atoms with Crippen molar-refractivity contribution < 1.29 is 13.6 Å². The highest BCUT2D eigenvalue weighted by molar-refractivity contribution is 5.89. The third-order valence-electron chi connectivity index (χ3n) is 3.87. The van der Waals surface area contributed by atoms with Crippen molar-refractivity contribution in [3.8, 4) is 0 Å². The highest BCUT2D eigenvalue weighted by atomic mass is 19.1. The molecule has 0 bridgehead atoms. The molecule has 1 aliphatic rings. The zero-order chi connectivity index (χ0) is 16.9. The van der Waals surface area contributed by atoms with E-state index in [0.29, 0.717) is 0 Å². The summed E-state index contributed by atoms with van der Waals surface area (Å²) in [4.78, 5) is 18.4. The van der Waals surface area contributed by atoms with E-state index in [1.54, 1.807) is 6.20 Å². The molecule has 1 aromatic heterocycles. The van der Waals surface area contributed by atoms with Crippen LogP contribution < -0.4 is 15.5 Å². The number of rotatable bonds is 4. The Morgan fingerprint density at radius 1 is 1.17 bits per heavy atom. The first-order valence-electron chi connectivity index (χ1n) is 7.81. The van der Waals surface area contributed by atoms with Crippen LogP contribution in [0.3, 0.4) is 0 Å². The molecular formula is C17H18F2N4O. The molecule has 1 aromatic carbocycles. The molecule has 0 aliphatic carbocycles. The van der Waals surface area contributed by atoms with Gasteiger partial charge in [0.2, 0.25) is 0 Å². The summed E-state index contributed by atoms with van der Waals surface area (Å²) >= 11 is 0. The van der Waals surface area contributed by atoms with Crippen LogP contribution in [0.5, 0.6) is 0 Å². The molecular weight excluding hydrogens is 314 g/mol. The average molecular weight is 332 g/mol. The second-order valence-electron chi connectivity index (χ2n) is 5.65. The first-order valence-corrected chi connectivity index (χ1v) is 7.81. The summed E-state index contributed by atoms with van der Waals surface area (Å²) in [5.41, 5.74) is 0.836. The maximum absolute atomic E-state index is 13.5. The maximum Gasteiger partial charge on any atom is 0.319 e. The summed E-state index contributed by atoms with van der Waals surface area (Å²) in [6.45, 7) is 2.28. The van der Waals surface area contributed by atoms with Crippen molar-refractivity contribution in [2.75, 3.05) is 23.3 Å². The molecule has 7 heteroatoms. The van der Waals surface area contributed by atoms with E-state index in [4.69, 9.17) is 0 Å². The number of nitrogens with zero attached hydrogens (tertiary/aromatic N) is 2. The number of anilines is 2. The highest BCUT2D eigenvalue weighted by Gasteiger charge is 2.14. The van der Waals surface area contributed by atoms with Crippen LogP contribution in [0.1, 0.15) is 18.4 Å². The normalized spacial score (nSPS) is 13.8. The lowest BCUT2D eigenvalue weighted by atomic mass is 10.2. The van der Waals surface area contributed by atoms with Crippen LogP contribution >= 0.6 is 0 Å². The number of halogens is 2. The van der Waals surface area contributed by atoms with Crippen molar-refractivity contribution in [2.45, 2.75) is 19.4 Å². The van der Waals surface area contributed by atoms with Crippen molar-refractivity contribution in [1.82, 2.24) is 10.3 Å². The van der Waals surface area contributed by atoms with Gasteiger partial charge in [-0.15, -0.1) is 0 Å². The number of carbonyl (C=O) groups is 1. The predicted octanol–water partition coefficient (Wildman–Crippen LogP) is 3.28. The Labute approximate surface area is 138 Å². The van der Waals surface area contributed by atoms with Gasteiger partial charge in [-0.25, -0.2) is 18.6 Å². The van der Waals surface area contributed by atoms with Gasteiger partial charge < -0.3 is 15.5 Å². The fraction of sp³-hybridized carbons (Fsp3) is 0.294. The third-order valence-corrected chi connectivity index (χ3v) is 3.87. The van der Waals surface area contributed by atoms with Crippen LogP contribution in [0, 0.1) is 11.6 Å². The largest absolute Gasteiger partial charge is 0.357 e. The molecule has 5 nitrogen and oxygen atoms in total. The summed E-state index contributed by atoms with van der Waals surface area (Å²) in [7, 11) is 0. The lowest BCUT2D eigenvalue weighted by molar-refractivity contribution is 0.251. The number of urea groups is 1. The zero-order valence-electron chi connectivity index (χ0n) is 13.1. The summed E-state index contributed by atoms with van der Waals surface area (Å²) in [6.07, 6.45) is 4.04. The highest BCUT2D eigenvalue weighted by Crippen LogP contribution is 2.18. The molecule has 0 saturated carbocycles. The van der Waals surface area contributed by atoms with E-state index < -0.39 is 17.7 Å². The molecule has 0 spiro atoms. The van der Waals surface area contributed by atoms with Crippen LogP contribution in [0.4, 0.5) is 25.1 Å². The molecule has 0 radical (unpaired) electrons. The van der Waals surface area contributed by atoms with Gasteiger partial charge in [-0.3, -0.25) is 0 Å². The number of hydrogen-bond acceptors (Lipinski definition) is 3. The van der Waals surface area contributed by atoms with Gasteiger partial charge in [0.05, 0.1) is 5.69 Å². The molecule has 2 heterocycles. The molecule has 126 valence electrons. The first kappa shape index (κ1) is 16.2. The van der Waals surface area contributed by atoms with Crippen LogP contribution in [0.15, 0.2) is 36.5 Å². The number of amides is 2. The Balaban J connectivity index is 1.57. The van der Waals surface area contributed by atoms with E-state index in [2.05, 4.69) is 20.5 Å². The Bertz CT molecular complexity index is 732. The molecule has 1 saturated heterocycles. The van der Waals surface area contributed by atoms with E-state index in [1.165, 1.54) is 6.07 Å². The lowest BCUT2D eigenvalue weighted by Gasteiger charge is -2.17. The fourth-order valence-corrected chi connectivity index (χ4v) is 2.63. The summed E-state index contributed by atoms with van der Waals surface area (Å²) in [6, 6.07) is 6.19. The number of pyridine rings is 1. The van der Waals surface area contributed by atoms with Crippen LogP contribution in [-0.2, 0) is 6.54 Å². The summed E-state index contributed by atoms with van der Waals surface area (Å²) in [5.74, 6) is -0.605. The average Bonchev–Trinajstić information content (AvgIpc) is 3.10. The lowest BCUT2D eigenvalue weighted by Crippen LogP contribution is -2.28. The minimum atomic E-state index is -0.814. The van der Waals surface area contributed by atoms with Gasteiger partial charge in [-0.2, -0.15) is 0 Å². The Morgan fingerprint density at radius 3 is 2.71 bits per heavy atom. The van der Waals surface area contributed by atoms with Crippen molar-refractivity contribution in [2.24, 2.45) is 0 Å². The van der Waals surface area contributed by atoms with Gasteiger partial charge in [0.1, 0.15) is 17.5 Å². The first-order chi connectivity index (χ1) is 11.6. The van der Waals surface area contributed by atoms with E-state index in [9.17, 15) is 13.6 Å². The quantitative estimate of drug-likeness (QED) is 0.903. The fourth-order valence-electron chi connectivity index (χ4n) is 2.63. The number of hydrogen-bond donors (Lipinski definition) is 2. The SMILES string of the molecule is O=C(NCc1ccnc(N2CCCC2)c1)Nc1ccc(F)cc1F. The second kappa shape index (κ2) is 7.25. The van der Waals surface area contributed by atoms with Gasteiger partial charge in [-0.05, 0) is 42.7 Å². The van der Waals surface area contributed by atoms with Crippen molar-refractivity contribution in [1.29, 1.82) is 0 Å². The summed E-state index contributed by atoms with van der Waals surface area (Å²) in [5, 5.41) is 5.01. The molecule has 24 heavy (non-hydrogen) atoms. The number of benzene rings is 1. The van der Waals surface area contributed by atoms with Crippen LogP contribution in [-0.4, -0.2) is 24.1 Å². The Morgan fingerprint density at radius 2 is 1.96 bits per heavy atom. The molecule has 2 N–H and O–H groups in total. The summed E-state index contributed by atoms with van der Waals surface area (Å²) < 4.78 is 26.3. The molecule has 0 unspecified atom stereocenters. The maximum atomic E-state index is 13.5. The van der Waals surface area contributed by atoms with Crippen molar-refractivity contribution >= 4 is 17.5 Å². The van der Waals surface area contributed by atoms with E-state index >= 15 is 0 Å². The van der Waals surface area contributed by atoms with Gasteiger partial charge in [0.25, 0.3) is 0 Å².